The van der Waals surface area contributed by atoms with Gasteiger partial charge in [-0.05, 0) is 18.9 Å². The van der Waals surface area contributed by atoms with E-state index in [-0.39, 0.29) is 0 Å². The summed E-state index contributed by atoms with van der Waals surface area (Å²) in [7, 11) is 0. The van der Waals surface area contributed by atoms with Crippen LogP contribution in [-0.2, 0) is 6.42 Å². The summed E-state index contributed by atoms with van der Waals surface area (Å²) in [4.78, 5) is 7.86. The fourth-order valence-electron chi connectivity index (χ4n) is 0.953. The normalized spacial score (nSPS) is 9.33. The molecule has 3 nitrogen and oxygen atoms in total. The van der Waals surface area contributed by atoms with Crippen LogP contribution < -0.4 is 0 Å². The zero-order valence-electron chi connectivity index (χ0n) is 7.12. The number of hydrogen-bond donors (Lipinski definition) is 0. The minimum Gasteiger partial charge on any atom is -0.241 e. The average Bonchev–Trinajstić information content (AvgIpc) is 2.15. The lowest BCUT2D eigenvalue weighted by molar-refractivity contribution is 0.772. The number of aromatic nitrogens is 2. The third kappa shape index (κ3) is 2.31. The Morgan fingerprint density at radius 2 is 2.33 bits per heavy atom. The SMILES string of the molecule is CCCCc1cc(C#N)ncn1. The molecule has 0 saturated carbocycles. The first-order valence-electron chi connectivity index (χ1n) is 4.08. The first kappa shape index (κ1) is 8.66. The van der Waals surface area contributed by atoms with E-state index >= 15 is 0 Å². The molecule has 0 aliphatic carbocycles. The van der Waals surface area contributed by atoms with Crippen LogP contribution in [0.1, 0.15) is 31.2 Å². The predicted octanol–water partition coefficient (Wildman–Crippen LogP) is 1.69. The van der Waals surface area contributed by atoms with E-state index in [1.54, 1.807) is 6.07 Å². The molecule has 0 bridgehead atoms. The molecule has 0 N–H and O–H groups in total. The molecule has 1 aromatic heterocycles. The van der Waals surface area contributed by atoms with Gasteiger partial charge in [0, 0.05) is 5.69 Å². The molecular formula is C9H11N3. The van der Waals surface area contributed by atoms with Crippen LogP contribution >= 0.6 is 0 Å². The first-order chi connectivity index (χ1) is 5.86. The van der Waals surface area contributed by atoms with Crippen molar-refractivity contribution in [3.63, 3.8) is 0 Å². The van der Waals surface area contributed by atoms with Crippen LogP contribution in [0.15, 0.2) is 12.4 Å². The van der Waals surface area contributed by atoms with Crippen molar-refractivity contribution in [2.45, 2.75) is 26.2 Å². The summed E-state index contributed by atoms with van der Waals surface area (Å²) in [5.41, 5.74) is 1.42. The van der Waals surface area contributed by atoms with Gasteiger partial charge < -0.3 is 0 Å². The van der Waals surface area contributed by atoms with Crippen molar-refractivity contribution in [2.75, 3.05) is 0 Å². The van der Waals surface area contributed by atoms with Crippen molar-refractivity contribution in [3.8, 4) is 6.07 Å². The molecule has 0 radical (unpaired) electrons. The summed E-state index contributed by atoms with van der Waals surface area (Å²) in [6, 6.07) is 3.74. The topological polar surface area (TPSA) is 49.6 Å². The predicted molar refractivity (Wildman–Crippen MR) is 45.4 cm³/mol. The van der Waals surface area contributed by atoms with Crippen molar-refractivity contribution in [1.82, 2.24) is 9.97 Å². The van der Waals surface area contributed by atoms with Crippen LogP contribution in [0.3, 0.4) is 0 Å². The highest BCUT2D eigenvalue weighted by Crippen LogP contribution is 2.01. The van der Waals surface area contributed by atoms with Crippen molar-refractivity contribution in [2.24, 2.45) is 0 Å². The van der Waals surface area contributed by atoms with Gasteiger partial charge in [-0.15, -0.1) is 0 Å². The van der Waals surface area contributed by atoms with Crippen LogP contribution in [0.4, 0.5) is 0 Å². The van der Waals surface area contributed by atoms with Crippen molar-refractivity contribution < 1.29 is 0 Å². The van der Waals surface area contributed by atoms with Gasteiger partial charge in [-0.3, -0.25) is 0 Å². The second kappa shape index (κ2) is 4.45. The van der Waals surface area contributed by atoms with Crippen molar-refractivity contribution in [1.29, 1.82) is 5.26 Å². The summed E-state index contributed by atoms with van der Waals surface area (Å²) >= 11 is 0. The maximum absolute atomic E-state index is 8.55. The molecular weight excluding hydrogens is 150 g/mol. The third-order valence-electron chi connectivity index (χ3n) is 1.62. The molecule has 62 valence electrons. The Morgan fingerprint density at radius 3 is 3.00 bits per heavy atom. The van der Waals surface area contributed by atoms with Crippen LogP contribution in [0.5, 0.6) is 0 Å². The number of aryl methyl sites for hydroxylation is 1. The van der Waals surface area contributed by atoms with Gasteiger partial charge >= 0.3 is 0 Å². The summed E-state index contributed by atoms with van der Waals surface area (Å²) in [6.07, 6.45) is 4.64. The van der Waals surface area contributed by atoms with Crippen LogP contribution in [0.25, 0.3) is 0 Å². The number of unbranched alkanes of at least 4 members (excludes halogenated alkanes) is 1. The molecule has 0 fully saturated rings. The van der Waals surface area contributed by atoms with E-state index < -0.39 is 0 Å². The van der Waals surface area contributed by atoms with E-state index in [0.29, 0.717) is 5.69 Å². The third-order valence-corrected chi connectivity index (χ3v) is 1.62. The lowest BCUT2D eigenvalue weighted by Crippen LogP contribution is -1.92. The second-order valence-electron chi connectivity index (χ2n) is 2.61. The molecule has 1 aromatic rings. The Labute approximate surface area is 72.1 Å². The van der Waals surface area contributed by atoms with E-state index in [4.69, 9.17) is 5.26 Å². The smallest absolute Gasteiger partial charge is 0.144 e. The fourth-order valence-corrected chi connectivity index (χ4v) is 0.953. The molecule has 0 saturated heterocycles. The lowest BCUT2D eigenvalue weighted by Gasteiger charge is -1.96. The maximum Gasteiger partial charge on any atom is 0.144 e. The molecule has 1 heterocycles. The average molecular weight is 161 g/mol. The Balaban J connectivity index is 2.68. The summed E-state index contributed by atoms with van der Waals surface area (Å²) in [6.45, 7) is 2.13. The maximum atomic E-state index is 8.55. The number of hydrogen-bond acceptors (Lipinski definition) is 3. The zero-order chi connectivity index (χ0) is 8.81. The number of rotatable bonds is 3. The minimum atomic E-state index is 0.455. The molecule has 3 heteroatoms. The van der Waals surface area contributed by atoms with Crippen LogP contribution in [-0.4, -0.2) is 9.97 Å². The zero-order valence-corrected chi connectivity index (χ0v) is 7.12. The van der Waals surface area contributed by atoms with Gasteiger partial charge in [0.2, 0.25) is 0 Å². The summed E-state index contributed by atoms with van der Waals surface area (Å²) < 4.78 is 0. The van der Waals surface area contributed by atoms with Gasteiger partial charge in [0.15, 0.2) is 0 Å². The van der Waals surface area contributed by atoms with Crippen LogP contribution in [0.2, 0.25) is 0 Å². The summed E-state index contributed by atoms with van der Waals surface area (Å²) in [5, 5.41) is 8.55. The highest BCUT2D eigenvalue weighted by Gasteiger charge is 1.96. The first-order valence-corrected chi connectivity index (χ1v) is 4.08. The molecule has 0 aromatic carbocycles. The van der Waals surface area contributed by atoms with Gasteiger partial charge in [0.05, 0.1) is 0 Å². The van der Waals surface area contributed by atoms with Gasteiger partial charge in [0.25, 0.3) is 0 Å². The largest absolute Gasteiger partial charge is 0.241 e. The van der Waals surface area contributed by atoms with Gasteiger partial charge in [-0.1, -0.05) is 13.3 Å². The minimum absolute atomic E-state index is 0.455. The second-order valence-corrected chi connectivity index (χ2v) is 2.61. The van der Waals surface area contributed by atoms with Gasteiger partial charge in [-0.25, -0.2) is 9.97 Å². The van der Waals surface area contributed by atoms with E-state index in [0.717, 1.165) is 25.0 Å². The van der Waals surface area contributed by atoms with Crippen molar-refractivity contribution in [3.05, 3.63) is 23.8 Å². The Morgan fingerprint density at radius 1 is 1.50 bits per heavy atom. The van der Waals surface area contributed by atoms with Crippen molar-refractivity contribution >= 4 is 0 Å². The molecule has 0 atom stereocenters. The van der Waals surface area contributed by atoms with E-state index in [9.17, 15) is 0 Å². The van der Waals surface area contributed by atoms with Gasteiger partial charge in [0.1, 0.15) is 18.1 Å². The fraction of sp³-hybridized carbons (Fsp3) is 0.444. The lowest BCUT2D eigenvalue weighted by atomic mass is 10.2. The highest BCUT2D eigenvalue weighted by atomic mass is 14.8. The number of nitrogens with zero attached hydrogens (tertiary/aromatic N) is 3. The molecule has 12 heavy (non-hydrogen) atoms. The van der Waals surface area contributed by atoms with Gasteiger partial charge in [-0.2, -0.15) is 5.26 Å². The molecule has 1 rings (SSSR count). The Kier molecular flexibility index (Phi) is 3.21. The van der Waals surface area contributed by atoms with E-state index in [1.165, 1.54) is 6.33 Å². The quantitative estimate of drug-likeness (QED) is 0.677. The molecule has 0 amide bonds. The van der Waals surface area contributed by atoms with E-state index in [2.05, 4.69) is 16.9 Å². The number of nitriles is 1. The highest BCUT2D eigenvalue weighted by molar-refractivity contribution is 5.20. The Bertz CT molecular complexity index is 288. The standard InChI is InChI=1S/C9H11N3/c1-2-3-4-8-5-9(6-10)12-7-11-8/h5,7H,2-4H2,1H3. The Hall–Kier alpha value is -1.43. The monoisotopic (exact) mass is 161 g/mol. The molecule has 0 unspecified atom stereocenters. The summed E-state index contributed by atoms with van der Waals surface area (Å²) in [5.74, 6) is 0. The molecule has 0 aliphatic rings. The van der Waals surface area contributed by atoms with E-state index in [1.807, 2.05) is 6.07 Å². The molecule has 0 aliphatic heterocycles. The molecule has 0 spiro atoms. The van der Waals surface area contributed by atoms with Crippen LogP contribution in [0, 0.1) is 11.3 Å².